The van der Waals surface area contributed by atoms with Crippen LogP contribution in [-0.4, -0.2) is 49.0 Å². The molecule has 1 aromatic carbocycles. The van der Waals surface area contributed by atoms with Crippen LogP contribution in [0.4, 0.5) is 0 Å². The van der Waals surface area contributed by atoms with E-state index in [9.17, 15) is 4.79 Å². The minimum atomic E-state index is -0.0417. The SMILES string of the molecule is COc1ccccc1C(=O)C(=[Se])N1C(C)(C)CCCC1(C)C. The van der Waals surface area contributed by atoms with Gasteiger partial charge in [0.15, 0.2) is 0 Å². The molecule has 2 rings (SSSR count). The molecule has 0 radical (unpaired) electrons. The monoisotopic (exact) mass is 367 g/mol. The van der Waals surface area contributed by atoms with Crippen molar-refractivity contribution < 1.29 is 9.53 Å². The Labute approximate surface area is 141 Å². The zero-order valence-electron chi connectivity index (χ0n) is 14.1. The number of hydrogen-bond donors (Lipinski definition) is 0. The predicted octanol–water partition coefficient (Wildman–Crippen LogP) is 3.22. The molecule has 1 saturated heterocycles. The van der Waals surface area contributed by atoms with Crippen molar-refractivity contribution in [1.29, 1.82) is 0 Å². The second-order valence-corrected chi connectivity index (χ2v) is 7.96. The van der Waals surface area contributed by atoms with Gasteiger partial charge in [0.05, 0.1) is 0 Å². The number of carbonyl (C=O) groups excluding carboxylic acids is 1. The number of likely N-dealkylation sites (tertiary alicyclic amines) is 1. The van der Waals surface area contributed by atoms with Gasteiger partial charge in [-0.25, -0.2) is 0 Å². The molecule has 0 atom stereocenters. The number of Topliss-reactive ketones (excluding diaryl/α,β-unsaturated/α-hetero) is 1. The van der Waals surface area contributed by atoms with E-state index in [0.717, 1.165) is 12.8 Å². The van der Waals surface area contributed by atoms with Crippen LogP contribution < -0.4 is 4.74 Å². The Kier molecular flexibility index (Phi) is 4.84. The number of methoxy groups -OCH3 is 1. The summed E-state index contributed by atoms with van der Waals surface area (Å²) in [5, 5.41) is 0. The van der Waals surface area contributed by atoms with Crippen LogP contribution in [0.25, 0.3) is 0 Å². The van der Waals surface area contributed by atoms with Crippen molar-refractivity contribution in [3.63, 3.8) is 0 Å². The van der Waals surface area contributed by atoms with E-state index in [-0.39, 0.29) is 16.9 Å². The molecule has 1 heterocycles. The third-order valence-corrected chi connectivity index (χ3v) is 5.31. The number of carbonyl (C=O) groups is 1. The minimum absolute atomic E-state index is 0.000463. The zero-order chi connectivity index (χ0) is 16.5. The van der Waals surface area contributed by atoms with E-state index in [1.165, 1.54) is 6.42 Å². The summed E-state index contributed by atoms with van der Waals surface area (Å²) in [6, 6.07) is 7.40. The van der Waals surface area contributed by atoms with E-state index < -0.39 is 0 Å². The molecule has 0 saturated carbocycles. The summed E-state index contributed by atoms with van der Waals surface area (Å²) in [5.74, 6) is 0.619. The van der Waals surface area contributed by atoms with Gasteiger partial charge in [0, 0.05) is 0 Å². The molecule has 1 aliphatic rings. The van der Waals surface area contributed by atoms with Gasteiger partial charge >= 0.3 is 141 Å². The van der Waals surface area contributed by atoms with Crippen molar-refractivity contribution in [2.24, 2.45) is 0 Å². The standard InChI is InChI=1S/C18H25NO2Se/c1-17(2)11-8-12-18(3,4)19(17)16(22)15(20)13-9-6-7-10-14(13)21-5/h6-7,9-10H,8,11-12H2,1-5H3. The molecule has 4 heteroatoms. The number of benzene rings is 1. The molecule has 0 aromatic heterocycles. The van der Waals surface area contributed by atoms with E-state index in [1.54, 1.807) is 7.11 Å². The van der Waals surface area contributed by atoms with Gasteiger partial charge < -0.3 is 0 Å². The molecule has 0 unspecified atom stereocenters. The maximum absolute atomic E-state index is 13.0. The van der Waals surface area contributed by atoms with Crippen molar-refractivity contribution in [2.75, 3.05) is 7.11 Å². The average Bonchev–Trinajstić information content (AvgIpc) is 2.44. The molecule has 0 N–H and O–H groups in total. The third-order valence-electron chi connectivity index (χ3n) is 4.54. The quantitative estimate of drug-likeness (QED) is 0.605. The van der Waals surface area contributed by atoms with Crippen LogP contribution in [0.5, 0.6) is 5.75 Å². The second kappa shape index (κ2) is 6.17. The van der Waals surface area contributed by atoms with Crippen molar-refractivity contribution in [1.82, 2.24) is 4.90 Å². The number of ketones is 1. The van der Waals surface area contributed by atoms with Gasteiger partial charge in [0.1, 0.15) is 0 Å². The fourth-order valence-corrected chi connectivity index (χ4v) is 4.86. The average molecular weight is 366 g/mol. The number of ether oxygens (including phenoxy) is 1. The molecule has 0 amide bonds. The fourth-order valence-electron chi connectivity index (χ4n) is 3.60. The second-order valence-electron chi connectivity index (χ2n) is 7.15. The van der Waals surface area contributed by atoms with Crippen LogP contribution in [0, 0.1) is 0 Å². The molecular weight excluding hydrogens is 341 g/mol. The Morgan fingerprint density at radius 2 is 1.68 bits per heavy atom. The molecule has 1 aliphatic heterocycles. The van der Waals surface area contributed by atoms with Crippen LogP contribution in [0.3, 0.4) is 0 Å². The fraction of sp³-hybridized carbons (Fsp3) is 0.556. The van der Waals surface area contributed by atoms with E-state index >= 15 is 0 Å². The summed E-state index contributed by atoms with van der Waals surface area (Å²) < 4.78 is 6.02. The number of rotatable bonds is 4. The molecule has 3 nitrogen and oxygen atoms in total. The van der Waals surface area contributed by atoms with Crippen molar-refractivity contribution in [3.8, 4) is 5.75 Å². The zero-order valence-corrected chi connectivity index (χ0v) is 15.8. The topological polar surface area (TPSA) is 29.5 Å². The van der Waals surface area contributed by atoms with Gasteiger partial charge in [-0.3, -0.25) is 0 Å². The van der Waals surface area contributed by atoms with Crippen LogP contribution in [-0.2, 0) is 0 Å². The summed E-state index contributed by atoms with van der Waals surface area (Å²) in [5.41, 5.74) is 0.524. The number of hydrogen-bond acceptors (Lipinski definition) is 3. The van der Waals surface area contributed by atoms with E-state index in [1.807, 2.05) is 24.3 Å². The predicted molar refractivity (Wildman–Crippen MR) is 91.9 cm³/mol. The first-order chi connectivity index (χ1) is 10.2. The molecule has 1 aromatic rings. The van der Waals surface area contributed by atoms with Crippen molar-refractivity contribution >= 4 is 25.9 Å². The molecular formula is C18H25NO2Se. The Morgan fingerprint density at radius 1 is 1.14 bits per heavy atom. The van der Waals surface area contributed by atoms with E-state index in [2.05, 4.69) is 48.2 Å². The third kappa shape index (κ3) is 3.13. The first-order valence-electron chi connectivity index (χ1n) is 7.73. The van der Waals surface area contributed by atoms with Gasteiger partial charge in [-0.1, -0.05) is 0 Å². The number of para-hydroxylation sites is 1. The van der Waals surface area contributed by atoms with Crippen LogP contribution in [0.15, 0.2) is 24.3 Å². The Bertz CT molecular complexity index is 577. The van der Waals surface area contributed by atoms with Crippen molar-refractivity contribution in [2.45, 2.75) is 58.0 Å². The van der Waals surface area contributed by atoms with Gasteiger partial charge in [0.2, 0.25) is 0 Å². The summed E-state index contributed by atoms with van der Waals surface area (Å²) in [4.78, 5) is 15.3. The van der Waals surface area contributed by atoms with Gasteiger partial charge in [-0.05, 0) is 0 Å². The summed E-state index contributed by atoms with van der Waals surface area (Å²) in [6.07, 6.45) is 3.36. The first-order valence-corrected chi connectivity index (χ1v) is 8.58. The van der Waals surface area contributed by atoms with Crippen LogP contribution in [0.2, 0.25) is 0 Å². The maximum atomic E-state index is 13.0. The molecule has 0 bridgehead atoms. The molecule has 22 heavy (non-hydrogen) atoms. The Hall–Kier alpha value is -1.12. The van der Waals surface area contributed by atoms with Crippen LogP contribution >= 0.6 is 0 Å². The normalized spacial score (nSPS) is 19.6. The van der Waals surface area contributed by atoms with E-state index in [0.29, 0.717) is 15.9 Å². The number of nitrogens with zero attached hydrogens (tertiary/aromatic N) is 1. The summed E-state index contributed by atoms with van der Waals surface area (Å²) >= 11 is 3.05. The molecule has 120 valence electrons. The molecule has 0 spiro atoms. The summed E-state index contributed by atoms with van der Waals surface area (Å²) in [6.45, 7) is 8.84. The first kappa shape index (κ1) is 17.2. The Morgan fingerprint density at radius 3 is 2.23 bits per heavy atom. The Balaban J connectivity index is 2.39. The van der Waals surface area contributed by atoms with Gasteiger partial charge in [-0.2, -0.15) is 0 Å². The molecule has 0 aliphatic carbocycles. The van der Waals surface area contributed by atoms with Crippen molar-refractivity contribution in [3.05, 3.63) is 29.8 Å². The molecule has 1 fully saturated rings. The van der Waals surface area contributed by atoms with Crippen LogP contribution in [0.1, 0.15) is 57.3 Å². The van der Waals surface area contributed by atoms with Gasteiger partial charge in [0.25, 0.3) is 0 Å². The summed E-state index contributed by atoms with van der Waals surface area (Å²) in [7, 11) is 1.60. The van der Waals surface area contributed by atoms with E-state index in [4.69, 9.17) is 4.74 Å². The van der Waals surface area contributed by atoms with Gasteiger partial charge in [-0.15, -0.1) is 0 Å². The number of piperidine rings is 1.